The molecule has 0 spiro atoms. The number of rotatable bonds is 6. The monoisotopic (exact) mass is 373 g/mol. The Morgan fingerprint density at radius 3 is 2.63 bits per heavy atom. The number of fused-ring (bicyclic) bond motifs is 1. The lowest BCUT2D eigenvalue weighted by molar-refractivity contribution is -0.138. The average molecular weight is 373 g/mol. The molecule has 0 radical (unpaired) electrons. The van der Waals surface area contributed by atoms with Crippen molar-refractivity contribution in [2.75, 3.05) is 32.8 Å². The Bertz CT molecular complexity index is 656. The summed E-state index contributed by atoms with van der Waals surface area (Å²) in [6, 6.07) is 8.02. The largest absolute Gasteiger partial charge is 0.378 e. The highest BCUT2D eigenvalue weighted by molar-refractivity contribution is 5.80. The van der Waals surface area contributed by atoms with Crippen molar-refractivity contribution >= 4 is 11.8 Å². The summed E-state index contributed by atoms with van der Waals surface area (Å²) in [7, 11) is 0. The van der Waals surface area contributed by atoms with Crippen molar-refractivity contribution in [2.24, 2.45) is 5.73 Å². The highest BCUT2D eigenvalue weighted by atomic mass is 16.5. The quantitative estimate of drug-likeness (QED) is 0.773. The van der Waals surface area contributed by atoms with Crippen LogP contribution in [-0.4, -0.2) is 60.5 Å². The lowest BCUT2D eigenvalue weighted by Gasteiger charge is -2.38. The number of carbonyl (C=O) groups is 2. The molecule has 1 saturated heterocycles. The van der Waals surface area contributed by atoms with Gasteiger partial charge in [-0.25, -0.2) is 0 Å². The van der Waals surface area contributed by atoms with E-state index in [4.69, 9.17) is 10.5 Å². The predicted molar refractivity (Wildman–Crippen MR) is 104 cm³/mol. The first-order valence-corrected chi connectivity index (χ1v) is 10.0. The lowest BCUT2D eigenvalue weighted by Crippen LogP contribution is -2.45. The summed E-state index contributed by atoms with van der Waals surface area (Å²) in [4.78, 5) is 28.8. The minimum absolute atomic E-state index is 0.0364. The molecular formula is C21H31N3O3. The van der Waals surface area contributed by atoms with Gasteiger partial charge in [0.2, 0.25) is 11.8 Å². The zero-order chi connectivity index (χ0) is 19.2. The van der Waals surface area contributed by atoms with Crippen LogP contribution in [0.2, 0.25) is 0 Å². The molecule has 0 bridgehead atoms. The highest BCUT2D eigenvalue weighted by Crippen LogP contribution is 2.33. The third-order valence-corrected chi connectivity index (χ3v) is 5.68. The van der Waals surface area contributed by atoms with Crippen LogP contribution in [0.25, 0.3) is 0 Å². The summed E-state index contributed by atoms with van der Waals surface area (Å²) < 4.78 is 5.83. The molecule has 2 amide bonds. The Morgan fingerprint density at radius 2 is 1.93 bits per heavy atom. The summed E-state index contributed by atoms with van der Waals surface area (Å²) in [6.07, 6.45) is 4.05. The fourth-order valence-electron chi connectivity index (χ4n) is 4.15. The van der Waals surface area contributed by atoms with Crippen molar-refractivity contribution in [1.82, 2.24) is 9.80 Å². The second kappa shape index (κ2) is 9.33. The molecule has 2 aliphatic heterocycles. The number of likely N-dealkylation sites (tertiary alicyclic amines) is 1. The molecule has 1 atom stereocenters. The van der Waals surface area contributed by atoms with Gasteiger partial charge in [-0.3, -0.25) is 9.59 Å². The molecule has 1 aromatic carbocycles. The molecule has 0 aromatic heterocycles. The van der Waals surface area contributed by atoms with Crippen LogP contribution in [0.1, 0.15) is 49.8 Å². The number of carbonyl (C=O) groups excluding carboxylic acids is 2. The lowest BCUT2D eigenvalue weighted by atomic mass is 9.90. The number of nitrogens with zero attached hydrogens (tertiary/aromatic N) is 2. The van der Waals surface area contributed by atoms with E-state index in [1.165, 1.54) is 5.56 Å². The minimum atomic E-state index is -0.154. The van der Waals surface area contributed by atoms with Gasteiger partial charge in [0, 0.05) is 33.2 Å². The SMILES string of the molecule is CC(=O)N1CCc2ccccc2[C@H]1CC(=O)N1CCC(OCCCN)CC1. The first kappa shape index (κ1) is 19.8. The molecule has 0 saturated carbocycles. The molecular weight excluding hydrogens is 342 g/mol. The topological polar surface area (TPSA) is 75.9 Å². The van der Waals surface area contributed by atoms with Crippen LogP contribution < -0.4 is 5.73 Å². The Morgan fingerprint density at radius 1 is 1.19 bits per heavy atom. The smallest absolute Gasteiger partial charge is 0.224 e. The van der Waals surface area contributed by atoms with Gasteiger partial charge in [0.25, 0.3) is 0 Å². The summed E-state index contributed by atoms with van der Waals surface area (Å²) in [5, 5.41) is 0. The number of piperidine rings is 1. The average Bonchev–Trinajstić information content (AvgIpc) is 2.68. The molecule has 1 aromatic rings. The zero-order valence-corrected chi connectivity index (χ0v) is 16.2. The number of ether oxygens (including phenoxy) is 1. The summed E-state index contributed by atoms with van der Waals surface area (Å²) in [6.45, 7) is 5.06. The molecule has 1 fully saturated rings. The number of hydrogen-bond acceptors (Lipinski definition) is 4. The molecule has 0 unspecified atom stereocenters. The van der Waals surface area contributed by atoms with Gasteiger partial charge in [-0.1, -0.05) is 24.3 Å². The van der Waals surface area contributed by atoms with Gasteiger partial charge in [-0.05, 0) is 43.4 Å². The van der Waals surface area contributed by atoms with Crippen LogP contribution in [0.15, 0.2) is 24.3 Å². The van der Waals surface area contributed by atoms with E-state index >= 15 is 0 Å². The predicted octanol–water partition coefficient (Wildman–Crippen LogP) is 1.88. The molecule has 0 aliphatic carbocycles. The molecule has 27 heavy (non-hydrogen) atoms. The number of amides is 2. The van der Waals surface area contributed by atoms with Gasteiger partial charge in [0.05, 0.1) is 18.6 Å². The van der Waals surface area contributed by atoms with Gasteiger partial charge in [-0.15, -0.1) is 0 Å². The molecule has 2 heterocycles. The molecule has 2 aliphatic rings. The van der Waals surface area contributed by atoms with Crippen LogP contribution >= 0.6 is 0 Å². The Labute approximate surface area is 161 Å². The first-order valence-electron chi connectivity index (χ1n) is 10.0. The maximum Gasteiger partial charge on any atom is 0.224 e. The van der Waals surface area contributed by atoms with Crippen molar-refractivity contribution in [3.05, 3.63) is 35.4 Å². The third-order valence-electron chi connectivity index (χ3n) is 5.68. The number of nitrogens with two attached hydrogens (primary N) is 1. The second-order valence-electron chi connectivity index (χ2n) is 7.47. The fourth-order valence-corrected chi connectivity index (χ4v) is 4.15. The fraction of sp³-hybridized carbons (Fsp3) is 0.619. The highest BCUT2D eigenvalue weighted by Gasteiger charge is 2.33. The Balaban J connectivity index is 1.60. The molecule has 6 heteroatoms. The maximum atomic E-state index is 12.9. The van der Waals surface area contributed by atoms with E-state index in [2.05, 4.69) is 12.1 Å². The summed E-state index contributed by atoms with van der Waals surface area (Å²) in [5.74, 6) is 0.165. The first-order chi connectivity index (χ1) is 13.1. The van der Waals surface area contributed by atoms with Gasteiger partial charge in [0.15, 0.2) is 0 Å². The minimum Gasteiger partial charge on any atom is -0.378 e. The number of hydrogen-bond donors (Lipinski definition) is 1. The van der Waals surface area contributed by atoms with E-state index in [-0.39, 0.29) is 24.0 Å². The van der Waals surface area contributed by atoms with Crippen LogP contribution in [0.5, 0.6) is 0 Å². The van der Waals surface area contributed by atoms with E-state index in [0.29, 0.717) is 26.1 Å². The van der Waals surface area contributed by atoms with Crippen molar-refractivity contribution in [1.29, 1.82) is 0 Å². The molecule has 3 rings (SSSR count). The Hall–Kier alpha value is -1.92. The van der Waals surface area contributed by atoms with E-state index in [1.54, 1.807) is 6.92 Å². The van der Waals surface area contributed by atoms with Crippen LogP contribution in [-0.2, 0) is 20.7 Å². The van der Waals surface area contributed by atoms with Gasteiger partial charge in [-0.2, -0.15) is 0 Å². The van der Waals surface area contributed by atoms with E-state index in [1.807, 2.05) is 21.9 Å². The summed E-state index contributed by atoms with van der Waals surface area (Å²) >= 11 is 0. The molecule has 6 nitrogen and oxygen atoms in total. The van der Waals surface area contributed by atoms with E-state index in [9.17, 15) is 9.59 Å². The second-order valence-corrected chi connectivity index (χ2v) is 7.47. The zero-order valence-electron chi connectivity index (χ0n) is 16.2. The summed E-state index contributed by atoms with van der Waals surface area (Å²) in [5.41, 5.74) is 7.87. The standard InChI is InChI=1S/C21H31N3O3/c1-16(25)24-13-7-17-5-2-3-6-19(17)20(24)15-21(26)23-11-8-18(9-12-23)27-14-4-10-22/h2-3,5-6,18,20H,4,7-15,22H2,1H3/t20-/m1/s1. The molecule has 148 valence electrons. The Kier molecular flexibility index (Phi) is 6.85. The van der Waals surface area contributed by atoms with Crippen LogP contribution in [0.3, 0.4) is 0 Å². The van der Waals surface area contributed by atoms with Crippen molar-refractivity contribution in [3.8, 4) is 0 Å². The van der Waals surface area contributed by atoms with Gasteiger partial charge >= 0.3 is 0 Å². The van der Waals surface area contributed by atoms with E-state index in [0.717, 1.165) is 44.3 Å². The van der Waals surface area contributed by atoms with Crippen molar-refractivity contribution < 1.29 is 14.3 Å². The normalized spacial score (nSPS) is 20.4. The maximum absolute atomic E-state index is 12.9. The van der Waals surface area contributed by atoms with E-state index < -0.39 is 0 Å². The third kappa shape index (κ3) is 4.87. The van der Waals surface area contributed by atoms with Gasteiger partial charge in [0.1, 0.15) is 0 Å². The van der Waals surface area contributed by atoms with Crippen molar-refractivity contribution in [3.63, 3.8) is 0 Å². The van der Waals surface area contributed by atoms with Gasteiger partial charge < -0.3 is 20.3 Å². The number of benzene rings is 1. The van der Waals surface area contributed by atoms with Crippen LogP contribution in [0.4, 0.5) is 0 Å². The van der Waals surface area contributed by atoms with Crippen molar-refractivity contribution in [2.45, 2.75) is 51.2 Å². The van der Waals surface area contributed by atoms with Crippen LogP contribution in [0, 0.1) is 0 Å². The molecule has 2 N–H and O–H groups in total.